The zero-order valence-corrected chi connectivity index (χ0v) is 16.7. The van der Waals surface area contributed by atoms with E-state index in [4.69, 9.17) is 18.9 Å². The third-order valence-electron chi connectivity index (χ3n) is 4.72. The molecule has 7 nitrogen and oxygen atoms in total. The lowest BCUT2D eigenvalue weighted by atomic mass is 10.1. The highest BCUT2D eigenvalue weighted by molar-refractivity contribution is 5.98. The predicted molar refractivity (Wildman–Crippen MR) is 100 cm³/mol. The van der Waals surface area contributed by atoms with Crippen LogP contribution in [0.25, 0.3) is 0 Å². The van der Waals surface area contributed by atoms with Crippen LogP contribution in [0.5, 0.6) is 23.1 Å². The van der Waals surface area contributed by atoms with Crippen molar-refractivity contribution in [2.75, 3.05) is 34.4 Å². The molecule has 1 saturated heterocycles. The van der Waals surface area contributed by atoms with Crippen LogP contribution >= 0.6 is 0 Å². The lowest BCUT2D eigenvalue weighted by molar-refractivity contribution is -0.137. The first kappa shape index (κ1) is 21.5. The molecule has 2 aromatic rings. The van der Waals surface area contributed by atoms with E-state index in [9.17, 15) is 18.0 Å². The number of ether oxygens (including phenoxy) is 4. The maximum absolute atomic E-state index is 13.0. The Morgan fingerprint density at radius 3 is 2.47 bits per heavy atom. The lowest BCUT2D eigenvalue weighted by Crippen LogP contribution is -2.31. The molecule has 3 rings (SSSR count). The molecule has 1 atom stereocenters. The van der Waals surface area contributed by atoms with Gasteiger partial charge in [-0.3, -0.25) is 4.79 Å². The van der Waals surface area contributed by atoms with Crippen LogP contribution in [0.15, 0.2) is 30.5 Å². The first-order chi connectivity index (χ1) is 14.3. The first-order valence-electron chi connectivity index (χ1n) is 9.06. The monoisotopic (exact) mass is 426 g/mol. The van der Waals surface area contributed by atoms with Crippen LogP contribution in [0.4, 0.5) is 13.2 Å². The van der Waals surface area contributed by atoms with Crippen molar-refractivity contribution in [2.24, 2.45) is 0 Å². The summed E-state index contributed by atoms with van der Waals surface area (Å²) in [6.07, 6.45) is -3.46. The number of rotatable bonds is 6. The number of benzene rings is 1. The van der Waals surface area contributed by atoms with Crippen LogP contribution in [0.2, 0.25) is 0 Å². The van der Waals surface area contributed by atoms with Crippen LogP contribution in [-0.4, -0.2) is 56.3 Å². The summed E-state index contributed by atoms with van der Waals surface area (Å²) in [4.78, 5) is 18.4. The van der Waals surface area contributed by atoms with Crippen molar-refractivity contribution in [3.8, 4) is 23.1 Å². The number of carbonyl (C=O) groups is 1. The molecule has 1 aromatic carbocycles. The van der Waals surface area contributed by atoms with E-state index in [0.29, 0.717) is 24.5 Å². The number of alkyl halides is 3. The van der Waals surface area contributed by atoms with Gasteiger partial charge >= 0.3 is 6.18 Å². The van der Waals surface area contributed by atoms with E-state index in [2.05, 4.69) is 4.98 Å². The van der Waals surface area contributed by atoms with Gasteiger partial charge in [0.1, 0.15) is 6.10 Å². The summed E-state index contributed by atoms with van der Waals surface area (Å²) >= 11 is 0. The Bertz CT molecular complexity index is 920. The van der Waals surface area contributed by atoms with Crippen molar-refractivity contribution < 1.29 is 36.9 Å². The van der Waals surface area contributed by atoms with Crippen molar-refractivity contribution >= 4 is 5.91 Å². The second-order valence-electron chi connectivity index (χ2n) is 6.54. The van der Waals surface area contributed by atoms with E-state index in [1.165, 1.54) is 21.3 Å². The van der Waals surface area contributed by atoms with Gasteiger partial charge in [-0.05, 0) is 18.2 Å². The molecule has 162 valence electrons. The van der Waals surface area contributed by atoms with Crippen LogP contribution in [0, 0.1) is 0 Å². The third kappa shape index (κ3) is 4.37. The Morgan fingerprint density at radius 1 is 1.10 bits per heavy atom. The molecule has 30 heavy (non-hydrogen) atoms. The Balaban J connectivity index is 1.74. The van der Waals surface area contributed by atoms with Crippen molar-refractivity contribution in [3.05, 3.63) is 41.6 Å². The first-order valence-corrected chi connectivity index (χ1v) is 9.06. The molecule has 1 aliphatic heterocycles. The molecule has 0 bridgehead atoms. The van der Waals surface area contributed by atoms with Crippen molar-refractivity contribution in [2.45, 2.75) is 18.7 Å². The van der Waals surface area contributed by atoms with Gasteiger partial charge < -0.3 is 23.8 Å². The second kappa shape index (κ2) is 8.68. The standard InChI is InChI=1S/C20H21F3N2O5/c1-27-15-5-4-14(17(28-2)18(15)29-3)19(26)25-9-7-13(11-25)30-16-10-12(6-8-24-16)20(21,22)23/h4-6,8,10,13H,7,9,11H2,1-3H3. The molecular formula is C20H21F3N2O5. The second-order valence-corrected chi connectivity index (χ2v) is 6.54. The quantitative estimate of drug-likeness (QED) is 0.705. The molecule has 1 amide bonds. The number of hydrogen-bond donors (Lipinski definition) is 0. The van der Waals surface area contributed by atoms with Crippen LogP contribution in [0.3, 0.4) is 0 Å². The van der Waals surface area contributed by atoms with Gasteiger partial charge in [0.15, 0.2) is 11.5 Å². The molecule has 1 fully saturated rings. The van der Waals surface area contributed by atoms with E-state index < -0.39 is 17.8 Å². The topological polar surface area (TPSA) is 70.1 Å². The van der Waals surface area contributed by atoms with Gasteiger partial charge in [-0.25, -0.2) is 4.98 Å². The molecule has 0 spiro atoms. The molecular weight excluding hydrogens is 405 g/mol. The van der Waals surface area contributed by atoms with E-state index in [-0.39, 0.29) is 29.6 Å². The van der Waals surface area contributed by atoms with E-state index in [1.807, 2.05) is 0 Å². The van der Waals surface area contributed by atoms with Gasteiger partial charge in [0, 0.05) is 25.2 Å². The largest absolute Gasteiger partial charge is 0.493 e. The van der Waals surface area contributed by atoms with Gasteiger partial charge in [0.2, 0.25) is 11.6 Å². The zero-order chi connectivity index (χ0) is 21.9. The number of hydrogen-bond acceptors (Lipinski definition) is 6. The number of aromatic nitrogens is 1. The molecule has 10 heteroatoms. The van der Waals surface area contributed by atoms with Gasteiger partial charge in [0.25, 0.3) is 5.91 Å². The van der Waals surface area contributed by atoms with Crippen LogP contribution in [-0.2, 0) is 6.18 Å². The molecule has 0 aliphatic carbocycles. The summed E-state index contributed by atoms with van der Waals surface area (Å²) in [5, 5.41) is 0. The van der Waals surface area contributed by atoms with Crippen LogP contribution in [0.1, 0.15) is 22.3 Å². The molecule has 0 radical (unpaired) electrons. The Hall–Kier alpha value is -3.17. The van der Waals surface area contributed by atoms with Gasteiger partial charge in [-0.1, -0.05) is 0 Å². The van der Waals surface area contributed by atoms with E-state index >= 15 is 0 Å². The smallest absolute Gasteiger partial charge is 0.416 e. The SMILES string of the molecule is COc1ccc(C(=O)N2CCC(Oc3cc(C(F)(F)F)ccn3)C2)c(OC)c1OC. The molecule has 2 heterocycles. The lowest BCUT2D eigenvalue weighted by Gasteiger charge is -2.20. The Morgan fingerprint density at radius 2 is 1.83 bits per heavy atom. The van der Waals surface area contributed by atoms with Crippen molar-refractivity contribution in [1.82, 2.24) is 9.88 Å². The number of likely N-dealkylation sites (tertiary alicyclic amines) is 1. The van der Waals surface area contributed by atoms with E-state index in [1.54, 1.807) is 17.0 Å². The maximum Gasteiger partial charge on any atom is 0.416 e. The van der Waals surface area contributed by atoms with Gasteiger partial charge in [0.05, 0.1) is 39.0 Å². The molecule has 1 aliphatic rings. The zero-order valence-electron chi connectivity index (χ0n) is 16.7. The van der Waals surface area contributed by atoms with Gasteiger partial charge in [-0.15, -0.1) is 0 Å². The highest BCUT2D eigenvalue weighted by Crippen LogP contribution is 2.40. The summed E-state index contributed by atoms with van der Waals surface area (Å²) in [5.41, 5.74) is -0.554. The molecule has 1 aromatic heterocycles. The molecule has 1 unspecified atom stereocenters. The fraction of sp³-hybridized carbons (Fsp3) is 0.400. The fourth-order valence-electron chi connectivity index (χ4n) is 3.27. The summed E-state index contributed by atoms with van der Waals surface area (Å²) in [5.74, 6) is 0.518. The van der Waals surface area contributed by atoms with Crippen molar-refractivity contribution in [3.63, 3.8) is 0 Å². The number of carbonyl (C=O) groups excluding carboxylic acids is 1. The minimum Gasteiger partial charge on any atom is -0.493 e. The normalized spacial score (nSPS) is 16.3. The number of nitrogens with zero attached hydrogens (tertiary/aromatic N) is 2. The average molecular weight is 426 g/mol. The molecule has 0 saturated carbocycles. The van der Waals surface area contributed by atoms with Gasteiger partial charge in [-0.2, -0.15) is 13.2 Å². The summed E-state index contributed by atoms with van der Waals surface area (Å²) in [6.45, 7) is 0.578. The molecule has 0 N–H and O–H groups in total. The number of halogens is 3. The number of pyridine rings is 1. The summed E-state index contributed by atoms with van der Waals surface area (Å²) in [6, 6.07) is 4.90. The predicted octanol–water partition coefficient (Wildman–Crippen LogP) is 3.42. The summed E-state index contributed by atoms with van der Waals surface area (Å²) < 4.78 is 60.0. The summed E-state index contributed by atoms with van der Waals surface area (Å²) in [7, 11) is 4.34. The number of methoxy groups -OCH3 is 3. The Kier molecular flexibility index (Phi) is 6.23. The van der Waals surface area contributed by atoms with Crippen LogP contribution < -0.4 is 18.9 Å². The third-order valence-corrected chi connectivity index (χ3v) is 4.72. The fourth-order valence-corrected chi connectivity index (χ4v) is 3.27. The Labute approximate surface area is 171 Å². The van der Waals surface area contributed by atoms with E-state index in [0.717, 1.165) is 18.3 Å². The minimum absolute atomic E-state index is 0.132. The number of amides is 1. The highest BCUT2D eigenvalue weighted by Gasteiger charge is 2.33. The van der Waals surface area contributed by atoms with Crippen molar-refractivity contribution in [1.29, 1.82) is 0 Å². The average Bonchev–Trinajstić information content (AvgIpc) is 3.19. The maximum atomic E-state index is 13.0. The minimum atomic E-state index is -4.48. The highest BCUT2D eigenvalue weighted by atomic mass is 19.4.